The molecule has 0 aliphatic carbocycles. The minimum Gasteiger partial charge on any atom is -0.299 e. The van der Waals surface area contributed by atoms with E-state index in [1.807, 2.05) is 6.08 Å². The molecular formula is C9H17N. The third kappa shape index (κ3) is 5.57. The van der Waals surface area contributed by atoms with Crippen LogP contribution < -0.4 is 0 Å². The van der Waals surface area contributed by atoms with Crippen molar-refractivity contribution in [1.29, 1.82) is 0 Å². The van der Waals surface area contributed by atoms with Crippen LogP contribution in [0.25, 0.3) is 0 Å². The second kappa shape index (κ2) is 5.24. The van der Waals surface area contributed by atoms with E-state index in [1.165, 1.54) is 5.57 Å². The smallest absolute Gasteiger partial charge is 0.0165 e. The molecule has 0 fully saturated rings. The molecule has 0 bridgehead atoms. The van der Waals surface area contributed by atoms with Gasteiger partial charge in [0.1, 0.15) is 0 Å². The van der Waals surface area contributed by atoms with Crippen molar-refractivity contribution in [1.82, 2.24) is 4.90 Å². The highest BCUT2D eigenvalue weighted by molar-refractivity contribution is 4.95. The standard InChI is InChI=1S/C9H17N/c1-5-7-10(4)8-6-9(2)3/h5-6H,1,7-8H2,2-4H3. The number of rotatable bonds is 4. The van der Waals surface area contributed by atoms with Crippen molar-refractivity contribution in [2.24, 2.45) is 0 Å². The highest BCUT2D eigenvalue weighted by Gasteiger charge is 1.88. The summed E-state index contributed by atoms with van der Waals surface area (Å²) in [7, 11) is 2.08. The third-order valence-corrected chi connectivity index (χ3v) is 1.25. The summed E-state index contributed by atoms with van der Waals surface area (Å²) >= 11 is 0. The van der Waals surface area contributed by atoms with Crippen LogP contribution in [0.4, 0.5) is 0 Å². The van der Waals surface area contributed by atoms with Gasteiger partial charge in [-0.15, -0.1) is 6.58 Å². The van der Waals surface area contributed by atoms with Gasteiger partial charge in [0.15, 0.2) is 0 Å². The monoisotopic (exact) mass is 139 g/mol. The van der Waals surface area contributed by atoms with Crippen LogP contribution in [0.15, 0.2) is 24.3 Å². The number of hydrogen-bond acceptors (Lipinski definition) is 1. The van der Waals surface area contributed by atoms with Crippen molar-refractivity contribution in [3.8, 4) is 0 Å². The Morgan fingerprint density at radius 3 is 2.40 bits per heavy atom. The van der Waals surface area contributed by atoms with E-state index < -0.39 is 0 Å². The summed E-state index contributed by atoms with van der Waals surface area (Å²) in [6.45, 7) is 9.88. The molecule has 0 rings (SSSR count). The molecule has 1 nitrogen and oxygen atoms in total. The molecule has 10 heavy (non-hydrogen) atoms. The van der Waals surface area contributed by atoms with Gasteiger partial charge in [-0.05, 0) is 20.9 Å². The van der Waals surface area contributed by atoms with E-state index in [-0.39, 0.29) is 0 Å². The minimum atomic E-state index is 0.962. The SMILES string of the molecule is C=CCN(C)CC=C(C)C. The Hall–Kier alpha value is -0.560. The summed E-state index contributed by atoms with van der Waals surface area (Å²) in [5.41, 5.74) is 1.37. The Morgan fingerprint density at radius 1 is 1.40 bits per heavy atom. The molecule has 0 aromatic heterocycles. The third-order valence-electron chi connectivity index (χ3n) is 1.25. The number of nitrogens with zero attached hydrogens (tertiary/aromatic N) is 1. The predicted octanol–water partition coefficient (Wildman–Crippen LogP) is 2.07. The Labute approximate surface area is 64.0 Å². The molecule has 0 aliphatic heterocycles. The molecule has 0 unspecified atom stereocenters. The van der Waals surface area contributed by atoms with Gasteiger partial charge in [0, 0.05) is 13.1 Å². The molecule has 0 saturated heterocycles. The molecule has 0 saturated carbocycles. The maximum atomic E-state index is 3.67. The molecule has 0 aliphatic rings. The molecule has 0 spiro atoms. The van der Waals surface area contributed by atoms with Crippen molar-refractivity contribution in [2.45, 2.75) is 13.8 Å². The van der Waals surface area contributed by atoms with Gasteiger partial charge in [0.25, 0.3) is 0 Å². The molecule has 0 amide bonds. The van der Waals surface area contributed by atoms with Gasteiger partial charge in [-0.3, -0.25) is 4.90 Å². The average Bonchev–Trinajstić information content (AvgIpc) is 1.85. The number of hydrogen-bond donors (Lipinski definition) is 0. The van der Waals surface area contributed by atoms with Crippen LogP contribution in [-0.4, -0.2) is 25.0 Å². The first kappa shape index (κ1) is 9.44. The molecule has 0 aromatic rings. The lowest BCUT2D eigenvalue weighted by molar-refractivity contribution is 0.412. The fourth-order valence-corrected chi connectivity index (χ4v) is 0.633. The topological polar surface area (TPSA) is 3.24 Å². The molecule has 0 atom stereocenters. The largest absolute Gasteiger partial charge is 0.299 e. The van der Waals surface area contributed by atoms with E-state index in [1.54, 1.807) is 0 Å². The summed E-state index contributed by atoms with van der Waals surface area (Å²) < 4.78 is 0. The van der Waals surface area contributed by atoms with E-state index in [0.717, 1.165) is 13.1 Å². The normalized spacial score (nSPS) is 9.60. The van der Waals surface area contributed by atoms with Crippen LogP contribution >= 0.6 is 0 Å². The van der Waals surface area contributed by atoms with Gasteiger partial charge in [0.05, 0.1) is 0 Å². The van der Waals surface area contributed by atoms with E-state index >= 15 is 0 Å². The summed E-state index contributed by atoms with van der Waals surface area (Å²) in [5, 5.41) is 0. The van der Waals surface area contributed by atoms with Crippen LogP contribution in [0.3, 0.4) is 0 Å². The maximum absolute atomic E-state index is 3.67. The Bertz CT molecular complexity index is 121. The lowest BCUT2D eigenvalue weighted by atomic mass is 10.3. The van der Waals surface area contributed by atoms with Crippen LogP contribution in [0.5, 0.6) is 0 Å². The number of likely N-dealkylation sites (N-methyl/N-ethyl adjacent to an activating group) is 1. The first-order valence-corrected chi connectivity index (χ1v) is 3.59. The van der Waals surface area contributed by atoms with Crippen molar-refractivity contribution < 1.29 is 0 Å². The molecule has 0 N–H and O–H groups in total. The molecule has 0 radical (unpaired) electrons. The second-order valence-corrected chi connectivity index (χ2v) is 2.79. The van der Waals surface area contributed by atoms with E-state index in [4.69, 9.17) is 0 Å². The van der Waals surface area contributed by atoms with Gasteiger partial charge in [-0.2, -0.15) is 0 Å². The summed E-state index contributed by atoms with van der Waals surface area (Å²) in [5.74, 6) is 0. The molecule has 1 heteroatoms. The highest BCUT2D eigenvalue weighted by Crippen LogP contribution is 1.90. The van der Waals surface area contributed by atoms with Gasteiger partial charge in [0.2, 0.25) is 0 Å². The zero-order valence-corrected chi connectivity index (χ0v) is 7.22. The first-order valence-electron chi connectivity index (χ1n) is 3.59. The summed E-state index contributed by atoms with van der Waals surface area (Å²) in [4.78, 5) is 2.21. The van der Waals surface area contributed by atoms with Crippen molar-refractivity contribution in [3.63, 3.8) is 0 Å². The Balaban J connectivity index is 3.48. The van der Waals surface area contributed by atoms with Crippen molar-refractivity contribution in [2.75, 3.05) is 20.1 Å². The van der Waals surface area contributed by atoms with Crippen LogP contribution in [-0.2, 0) is 0 Å². The lowest BCUT2D eigenvalue weighted by Gasteiger charge is -2.10. The van der Waals surface area contributed by atoms with Crippen LogP contribution in [0.1, 0.15) is 13.8 Å². The summed E-state index contributed by atoms with van der Waals surface area (Å²) in [6.07, 6.45) is 4.13. The van der Waals surface area contributed by atoms with E-state index in [2.05, 4.69) is 38.5 Å². The molecule has 58 valence electrons. The predicted molar refractivity (Wildman–Crippen MR) is 47.1 cm³/mol. The maximum Gasteiger partial charge on any atom is 0.0165 e. The van der Waals surface area contributed by atoms with Crippen molar-refractivity contribution in [3.05, 3.63) is 24.3 Å². The van der Waals surface area contributed by atoms with E-state index in [0.29, 0.717) is 0 Å². The van der Waals surface area contributed by atoms with Gasteiger partial charge in [-0.1, -0.05) is 17.7 Å². The Morgan fingerprint density at radius 2 is 2.00 bits per heavy atom. The zero-order chi connectivity index (χ0) is 7.98. The highest BCUT2D eigenvalue weighted by atomic mass is 15.1. The van der Waals surface area contributed by atoms with Gasteiger partial charge in [-0.25, -0.2) is 0 Å². The number of allylic oxidation sites excluding steroid dienone is 1. The van der Waals surface area contributed by atoms with Crippen LogP contribution in [0, 0.1) is 0 Å². The minimum absolute atomic E-state index is 0.962. The van der Waals surface area contributed by atoms with Crippen LogP contribution in [0.2, 0.25) is 0 Å². The second-order valence-electron chi connectivity index (χ2n) is 2.79. The molecule has 0 heterocycles. The van der Waals surface area contributed by atoms with E-state index in [9.17, 15) is 0 Å². The van der Waals surface area contributed by atoms with Crippen molar-refractivity contribution >= 4 is 0 Å². The first-order chi connectivity index (χ1) is 4.66. The fraction of sp³-hybridized carbons (Fsp3) is 0.556. The fourth-order valence-electron chi connectivity index (χ4n) is 0.633. The van der Waals surface area contributed by atoms with Gasteiger partial charge < -0.3 is 0 Å². The lowest BCUT2D eigenvalue weighted by Crippen LogP contribution is -2.17. The zero-order valence-electron chi connectivity index (χ0n) is 7.22. The molecule has 0 aromatic carbocycles. The van der Waals surface area contributed by atoms with Gasteiger partial charge >= 0.3 is 0 Å². The molecular weight excluding hydrogens is 122 g/mol. The quantitative estimate of drug-likeness (QED) is 0.539. The average molecular weight is 139 g/mol. The Kier molecular flexibility index (Phi) is 4.95. The summed E-state index contributed by atoms with van der Waals surface area (Å²) in [6, 6.07) is 0.